The van der Waals surface area contributed by atoms with Crippen LogP contribution < -0.4 is 0 Å². The molecule has 0 aliphatic rings. The summed E-state index contributed by atoms with van der Waals surface area (Å²) in [6.45, 7) is 3.41. The summed E-state index contributed by atoms with van der Waals surface area (Å²) in [4.78, 5) is 19.2. The Bertz CT molecular complexity index is 647. The van der Waals surface area contributed by atoms with Gasteiger partial charge in [0.25, 0.3) is 0 Å². The second-order valence-corrected chi connectivity index (χ2v) is 7.00. The van der Waals surface area contributed by atoms with E-state index in [2.05, 4.69) is 4.98 Å². The molecule has 0 radical (unpaired) electrons. The summed E-state index contributed by atoms with van der Waals surface area (Å²) >= 11 is 1.53. The molecule has 126 valence electrons. The molecule has 0 spiro atoms. The Kier molecular flexibility index (Phi) is 5.56. The Morgan fingerprint density at radius 1 is 1.43 bits per heavy atom. The van der Waals surface area contributed by atoms with Crippen molar-refractivity contribution < 1.29 is 19.4 Å². The topological polar surface area (TPSA) is 86.8 Å². The summed E-state index contributed by atoms with van der Waals surface area (Å²) < 4.78 is 5.63. The Balaban J connectivity index is 2.05. The molecule has 2 N–H and O–H groups in total. The monoisotopic (exact) mass is 338 g/mol. The molecule has 0 atom stereocenters. The number of hydrogen-bond acceptors (Lipinski definition) is 6. The number of carbonyl (C=O) groups excluding carboxylic acids is 1. The number of hydrogen-bond donors (Lipinski definition) is 2. The van der Waals surface area contributed by atoms with E-state index >= 15 is 0 Å². The molecule has 0 aliphatic carbocycles. The van der Waals surface area contributed by atoms with E-state index in [1.165, 1.54) is 16.2 Å². The van der Waals surface area contributed by atoms with Gasteiger partial charge in [-0.05, 0) is 18.4 Å². The first-order valence-electron chi connectivity index (χ1n) is 7.34. The van der Waals surface area contributed by atoms with Crippen LogP contribution in [0.1, 0.15) is 18.4 Å². The summed E-state index contributed by atoms with van der Waals surface area (Å²) in [5.74, 6) is 1.02. The lowest BCUT2D eigenvalue weighted by atomic mass is 9.92. The second kappa shape index (κ2) is 7.25. The second-order valence-electron chi connectivity index (χ2n) is 6.05. The smallest absolute Gasteiger partial charge is 0.236 e. The number of aromatic nitrogens is 1. The normalized spacial score (nSPS) is 11.7. The van der Waals surface area contributed by atoms with Gasteiger partial charge in [0.05, 0.1) is 30.2 Å². The molecule has 2 rings (SSSR count). The van der Waals surface area contributed by atoms with Crippen molar-refractivity contribution in [2.75, 3.05) is 26.8 Å². The van der Waals surface area contributed by atoms with Crippen LogP contribution in [0.3, 0.4) is 0 Å². The molecule has 7 heteroatoms. The number of likely N-dealkylation sites (N-methyl/N-ethyl adjacent to an activating group) is 1. The van der Waals surface area contributed by atoms with Gasteiger partial charge in [-0.15, -0.1) is 11.3 Å². The standard InChI is InChI=1S/C16H22N2O4S/c1-11-12(17-15(22-11)13-5-4-6-23-13)7-14(21)18(3)8-16(2,9-19)10-20/h4-6,19-20H,7-10H2,1-3H3. The van der Waals surface area contributed by atoms with E-state index in [4.69, 9.17) is 4.42 Å². The fourth-order valence-corrected chi connectivity index (χ4v) is 2.84. The van der Waals surface area contributed by atoms with Crippen molar-refractivity contribution >= 4 is 17.2 Å². The van der Waals surface area contributed by atoms with Gasteiger partial charge in [0.1, 0.15) is 5.76 Å². The maximum absolute atomic E-state index is 12.4. The third-order valence-electron chi connectivity index (χ3n) is 3.75. The summed E-state index contributed by atoms with van der Waals surface area (Å²) in [7, 11) is 1.65. The van der Waals surface area contributed by atoms with E-state index in [1.54, 1.807) is 20.9 Å². The zero-order valence-electron chi connectivity index (χ0n) is 13.6. The number of thiophene rings is 1. The van der Waals surface area contributed by atoms with Crippen LogP contribution in [0.15, 0.2) is 21.9 Å². The molecule has 2 heterocycles. The molecule has 2 aromatic heterocycles. The highest BCUT2D eigenvalue weighted by atomic mass is 32.1. The van der Waals surface area contributed by atoms with E-state index < -0.39 is 5.41 Å². The van der Waals surface area contributed by atoms with Gasteiger partial charge in [-0.3, -0.25) is 4.79 Å². The molecule has 0 bridgehead atoms. The average Bonchev–Trinajstić information content (AvgIpc) is 3.17. The summed E-state index contributed by atoms with van der Waals surface area (Å²) in [5.41, 5.74) is -0.106. The molecule has 0 unspecified atom stereocenters. The molecule has 0 aromatic carbocycles. The van der Waals surface area contributed by atoms with Gasteiger partial charge < -0.3 is 19.5 Å². The number of aliphatic hydroxyl groups excluding tert-OH is 2. The molecule has 0 saturated heterocycles. The minimum Gasteiger partial charge on any atom is -0.440 e. The van der Waals surface area contributed by atoms with Crippen LogP contribution in [-0.2, 0) is 11.2 Å². The predicted molar refractivity (Wildman–Crippen MR) is 88.2 cm³/mol. The molecule has 0 aliphatic heterocycles. The van der Waals surface area contributed by atoms with E-state index in [0.717, 1.165) is 4.88 Å². The number of amides is 1. The number of carbonyl (C=O) groups is 1. The fourth-order valence-electron chi connectivity index (χ4n) is 2.19. The van der Waals surface area contributed by atoms with Crippen molar-refractivity contribution in [2.24, 2.45) is 5.41 Å². The quantitative estimate of drug-likeness (QED) is 0.802. The Hall–Kier alpha value is -1.70. The average molecular weight is 338 g/mol. The zero-order chi connectivity index (χ0) is 17.0. The lowest BCUT2D eigenvalue weighted by Gasteiger charge is -2.30. The number of aliphatic hydroxyl groups is 2. The lowest BCUT2D eigenvalue weighted by molar-refractivity contribution is -0.131. The number of nitrogens with zero attached hydrogens (tertiary/aromatic N) is 2. The first kappa shape index (κ1) is 17.7. The molecule has 1 amide bonds. The van der Waals surface area contributed by atoms with Gasteiger partial charge in [0.2, 0.25) is 11.8 Å². The SMILES string of the molecule is Cc1oc(-c2cccs2)nc1CC(=O)N(C)CC(C)(CO)CO. The minimum absolute atomic E-state index is 0.129. The van der Waals surface area contributed by atoms with Crippen molar-refractivity contribution in [3.05, 3.63) is 29.0 Å². The van der Waals surface area contributed by atoms with Gasteiger partial charge in [0.15, 0.2) is 0 Å². The third kappa shape index (κ3) is 4.19. The van der Waals surface area contributed by atoms with Crippen LogP contribution in [0.5, 0.6) is 0 Å². The summed E-state index contributed by atoms with van der Waals surface area (Å²) in [5, 5.41) is 20.6. The van der Waals surface area contributed by atoms with E-state index in [9.17, 15) is 15.0 Å². The fraction of sp³-hybridized carbons (Fsp3) is 0.500. The number of rotatable bonds is 7. The predicted octanol–water partition coefficient (Wildman–Crippen LogP) is 1.70. The number of oxazole rings is 1. The molecule has 0 saturated carbocycles. The van der Waals surface area contributed by atoms with Gasteiger partial charge >= 0.3 is 0 Å². The van der Waals surface area contributed by atoms with Crippen molar-refractivity contribution in [3.8, 4) is 10.8 Å². The molecule has 2 aromatic rings. The van der Waals surface area contributed by atoms with Crippen LogP contribution in [0, 0.1) is 12.3 Å². The van der Waals surface area contributed by atoms with Crippen molar-refractivity contribution in [1.29, 1.82) is 0 Å². The summed E-state index contributed by atoms with van der Waals surface area (Å²) in [6.07, 6.45) is 0.129. The molecular formula is C16H22N2O4S. The Labute approximate surface area is 139 Å². The Morgan fingerprint density at radius 2 is 2.13 bits per heavy atom. The third-order valence-corrected chi connectivity index (χ3v) is 4.61. The van der Waals surface area contributed by atoms with Crippen LogP contribution >= 0.6 is 11.3 Å². The zero-order valence-corrected chi connectivity index (χ0v) is 14.4. The largest absolute Gasteiger partial charge is 0.440 e. The minimum atomic E-state index is -0.717. The number of aryl methyl sites for hydroxylation is 1. The van der Waals surface area contributed by atoms with Crippen molar-refractivity contribution in [1.82, 2.24) is 9.88 Å². The highest BCUT2D eigenvalue weighted by molar-refractivity contribution is 7.13. The van der Waals surface area contributed by atoms with E-state index in [1.807, 2.05) is 17.5 Å². The highest BCUT2D eigenvalue weighted by Crippen LogP contribution is 2.26. The molecule has 6 nitrogen and oxygen atoms in total. The van der Waals surface area contributed by atoms with Crippen LogP contribution in [0.4, 0.5) is 0 Å². The van der Waals surface area contributed by atoms with Gasteiger partial charge in [-0.1, -0.05) is 13.0 Å². The first-order valence-corrected chi connectivity index (χ1v) is 8.22. The van der Waals surface area contributed by atoms with Crippen LogP contribution in [-0.4, -0.2) is 52.8 Å². The van der Waals surface area contributed by atoms with Gasteiger partial charge in [-0.25, -0.2) is 4.98 Å². The molecule has 0 fully saturated rings. The van der Waals surface area contributed by atoms with Crippen molar-refractivity contribution in [3.63, 3.8) is 0 Å². The van der Waals surface area contributed by atoms with Gasteiger partial charge in [0, 0.05) is 19.0 Å². The molecule has 23 heavy (non-hydrogen) atoms. The molecular weight excluding hydrogens is 316 g/mol. The first-order chi connectivity index (χ1) is 10.9. The summed E-state index contributed by atoms with van der Waals surface area (Å²) in [6, 6.07) is 3.84. The van der Waals surface area contributed by atoms with Gasteiger partial charge in [-0.2, -0.15) is 0 Å². The van der Waals surface area contributed by atoms with Crippen molar-refractivity contribution in [2.45, 2.75) is 20.3 Å². The van der Waals surface area contributed by atoms with E-state index in [-0.39, 0.29) is 32.1 Å². The lowest BCUT2D eigenvalue weighted by Crippen LogP contribution is -2.42. The highest BCUT2D eigenvalue weighted by Gasteiger charge is 2.27. The van der Waals surface area contributed by atoms with E-state index in [0.29, 0.717) is 17.3 Å². The van der Waals surface area contributed by atoms with Crippen LogP contribution in [0.25, 0.3) is 10.8 Å². The maximum atomic E-state index is 12.4. The maximum Gasteiger partial charge on any atom is 0.236 e. The Morgan fingerprint density at radius 3 is 2.70 bits per heavy atom. The van der Waals surface area contributed by atoms with Crippen LogP contribution in [0.2, 0.25) is 0 Å².